The number of phenolic OH excluding ortho intramolecular Hbond substituents is 1. The smallest absolute Gasteiger partial charge is 0.253 e. The van der Waals surface area contributed by atoms with Gasteiger partial charge in [-0.2, -0.15) is 11.8 Å². The van der Waals surface area contributed by atoms with Crippen molar-refractivity contribution in [3.05, 3.63) is 64.7 Å². The number of piperidine rings is 1. The van der Waals surface area contributed by atoms with Crippen LogP contribution in [0.1, 0.15) is 41.1 Å². The maximum Gasteiger partial charge on any atom is 0.253 e. The van der Waals surface area contributed by atoms with Gasteiger partial charge in [0.1, 0.15) is 11.8 Å². The lowest BCUT2D eigenvalue weighted by atomic mass is 9.89. The fourth-order valence-corrected chi connectivity index (χ4v) is 4.47. The van der Waals surface area contributed by atoms with Crippen LogP contribution in [0.15, 0.2) is 48.5 Å². The van der Waals surface area contributed by atoms with Gasteiger partial charge in [-0.05, 0) is 67.0 Å². The molecule has 0 aromatic heterocycles. The molecule has 1 heterocycles. The van der Waals surface area contributed by atoms with Crippen molar-refractivity contribution in [2.75, 3.05) is 25.1 Å². The molecule has 2 N–H and O–H groups in total. The Kier molecular flexibility index (Phi) is 8.05. The zero-order valence-corrected chi connectivity index (χ0v) is 18.6. The molecule has 1 aliphatic heterocycles. The van der Waals surface area contributed by atoms with Crippen molar-refractivity contribution in [3.63, 3.8) is 0 Å². The number of rotatable bonds is 7. The van der Waals surface area contributed by atoms with E-state index < -0.39 is 6.04 Å². The summed E-state index contributed by atoms with van der Waals surface area (Å²) in [4.78, 5) is 27.7. The summed E-state index contributed by atoms with van der Waals surface area (Å²) in [7, 11) is 0. The number of aromatic hydroxyl groups is 1. The van der Waals surface area contributed by atoms with Crippen molar-refractivity contribution in [1.82, 2.24) is 10.2 Å². The summed E-state index contributed by atoms with van der Waals surface area (Å²) in [5, 5.41) is 12.8. The second-order valence-corrected chi connectivity index (χ2v) is 8.87. The summed E-state index contributed by atoms with van der Waals surface area (Å²) in [6, 6.07) is 13.6. The number of hydrogen-bond acceptors (Lipinski definition) is 4. The lowest BCUT2D eigenvalue weighted by Crippen LogP contribution is -2.50. The van der Waals surface area contributed by atoms with E-state index in [0.717, 1.165) is 18.6 Å². The molecule has 5 nitrogen and oxygen atoms in total. The monoisotopic (exact) mass is 446 g/mol. The molecule has 1 saturated heterocycles. The number of thioether (sulfide) groups is 1. The van der Waals surface area contributed by atoms with E-state index in [9.17, 15) is 14.7 Å². The first kappa shape index (κ1) is 22.5. The molecule has 3 rings (SSSR count). The quantitative estimate of drug-likeness (QED) is 0.665. The van der Waals surface area contributed by atoms with E-state index in [0.29, 0.717) is 36.0 Å². The van der Waals surface area contributed by atoms with Gasteiger partial charge in [0.15, 0.2) is 0 Å². The molecule has 2 amide bonds. The zero-order valence-electron chi connectivity index (χ0n) is 17.0. The van der Waals surface area contributed by atoms with Gasteiger partial charge in [-0.1, -0.05) is 35.9 Å². The first-order valence-electron chi connectivity index (χ1n) is 10.1. The minimum Gasteiger partial charge on any atom is -0.508 e. The van der Waals surface area contributed by atoms with Crippen LogP contribution in [0.25, 0.3) is 0 Å². The Morgan fingerprint density at radius 1 is 1.17 bits per heavy atom. The molecule has 0 radical (unpaired) electrons. The second-order valence-electron chi connectivity index (χ2n) is 7.48. The molecule has 0 spiro atoms. The molecule has 0 aliphatic carbocycles. The molecule has 2 aromatic carbocycles. The van der Waals surface area contributed by atoms with Gasteiger partial charge >= 0.3 is 0 Å². The van der Waals surface area contributed by atoms with Crippen molar-refractivity contribution in [3.8, 4) is 5.75 Å². The normalized spacial score (nSPS) is 15.6. The molecule has 160 valence electrons. The van der Waals surface area contributed by atoms with Crippen LogP contribution in [-0.2, 0) is 4.79 Å². The Morgan fingerprint density at radius 2 is 1.83 bits per heavy atom. The molecule has 30 heavy (non-hydrogen) atoms. The number of nitrogens with one attached hydrogen (secondary N) is 1. The number of carbonyl (C=O) groups is 2. The number of likely N-dealkylation sites (tertiary alicyclic amines) is 1. The number of halogens is 1. The highest BCUT2D eigenvalue weighted by Crippen LogP contribution is 2.29. The fraction of sp³-hybridized carbons (Fsp3) is 0.391. The predicted octanol–water partition coefficient (Wildman–Crippen LogP) is 4.30. The molecule has 1 unspecified atom stereocenters. The third-order valence-corrected chi connectivity index (χ3v) is 6.48. The molecular weight excluding hydrogens is 420 g/mol. The Balaban J connectivity index is 1.63. The number of phenols is 1. The Labute approximate surface area is 186 Å². The second kappa shape index (κ2) is 10.7. The van der Waals surface area contributed by atoms with E-state index in [1.165, 1.54) is 5.56 Å². The Hall–Kier alpha value is -2.18. The van der Waals surface area contributed by atoms with E-state index in [1.54, 1.807) is 48.2 Å². The summed E-state index contributed by atoms with van der Waals surface area (Å²) >= 11 is 7.79. The third-order valence-electron chi connectivity index (χ3n) is 5.50. The molecule has 1 fully saturated rings. The maximum absolute atomic E-state index is 13.2. The van der Waals surface area contributed by atoms with Gasteiger partial charge in [0.2, 0.25) is 5.91 Å². The van der Waals surface area contributed by atoms with E-state index in [1.807, 2.05) is 23.3 Å². The SMILES string of the molecule is CSCCC(NC(=O)c1ccccc1Cl)C(=O)N1CCC(c2ccc(O)cc2)CC1. The standard InChI is InChI=1S/C23H27ClN2O3S/c1-30-15-12-21(25-22(28)19-4-2-3-5-20(19)24)23(29)26-13-10-17(11-14-26)16-6-8-18(27)9-7-16/h2-9,17,21,27H,10-15H2,1H3,(H,25,28). The van der Waals surface area contributed by atoms with E-state index in [4.69, 9.17) is 11.6 Å². The first-order chi connectivity index (χ1) is 14.5. The molecule has 0 bridgehead atoms. The molecule has 7 heteroatoms. The van der Waals surface area contributed by atoms with E-state index >= 15 is 0 Å². The van der Waals surface area contributed by atoms with Gasteiger partial charge in [-0.15, -0.1) is 0 Å². The van der Waals surface area contributed by atoms with Gasteiger partial charge in [0, 0.05) is 13.1 Å². The van der Waals surface area contributed by atoms with Crippen LogP contribution in [0.5, 0.6) is 5.75 Å². The van der Waals surface area contributed by atoms with Gasteiger partial charge in [0.05, 0.1) is 10.6 Å². The third kappa shape index (κ3) is 5.70. The van der Waals surface area contributed by atoms with Crippen LogP contribution >= 0.6 is 23.4 Å². The average molecular weight is 447 g/mol. The number of hydrogen-bond donors (Lipinski definition) is 2. The van der Waals surface area contributed by atoms with Gasteiger partial charge in [-0.3, -0.25) is 9.59 Å². The number of amides is 2. The highest BCUT2D eigenvalue weighted by molar-refractivity contribution is 7.98. The molecule has 1 aliphatic rings. The molecular formula is C23H27ClN2O3S. The van der Waals surface area contributed by atoms with Crippen LogP contribution in [0.2, 0.25) is 5.02 Å². The highest BCUT2D eigenvalue weighted by Gasteiger charge is 2.30. The summed E-state index contributed by atoms with van der Waals surface area (Å²) in [6.07, 6.45) is 4.29. The van der Waals surface area contributed by atoms with Crippen molar-refractivity contribution in [1.29, 1.82) is 0 Å². The summed E-state index contributed by atoms with van der Waals surface area (Å²) in [5.41, 5.74) is 1.57. The zero-order chi connectivity index (χ0) is 21.5. The maximum atomic E-state index is 13.2. The van der Waals surface area contributed by atoms with Crippen molar-refractivity contribution < 1.29 is 14.7 Å². The van der Waals surface area contributed by atoms with Crippen molar-refractivity contribution >= 4 is 35.2 Å². The number of carbonyl (C=O) groups excluding carboxylic acids is 2. The topological polar surface area (TPSA) is 69.6 Å². The first-order valence-corrected chi connectivity index (χ1v) is 11.9. The molecule has 2 aromatic rings. The van der Waals surface area contributed by atoms with Crippen LogP contribution in [0, 0.1) is 0 Å². The van der Waals surface area contributed by atoms with E-state index in [2.05, 4.69) is 5.32 Å². The Bertz CT molecular complexity index is 867. The van der Waals surface area contributed by atoms with Crippen LogP contribution in [0.3, 0.4) is 0 Å². The summed E-state index contributed by atoms with van der Waals surface area (Å²) < 4.78 is 0. The summed E-state index contributed by atoms with van der Waals surface area (Å²) in [5.74, 6) is 1.06. The van der Waals surface area contributed by atoms with Crippen LogP contribution < -0.4 is 5.32 Å². The number of nitrogens with zero attached hydrogens (tertiary/aromatic N) is 1. The van der Waals surface area contributed by atoms with Gasteiger partial charge in [-0.25, -0.2) is 0 Å². The number of benzene rings is 2. The van der Waals surface area contributed by atoms with Gasteiger partial charge in [0.25, 0.3) is 5.91 Å². The summed E-state index contributed by atoms with van der Waals surface area (Å²) in [6.45, 7) is 1.31. The minimum atomic E-state index is -0.563. The van der Waals surface area contributed by atoms with E-state index in [-0.39, 0.29) is 17.6 Å². The lowest BCUT2D eigenvalue weighted by molar-refractivity contribution is -0.134. The average Bonchev–Trinajstić information content (AvgIpc) is 2.77. The molecule has 0 saturated carbocycles. The van der Waals surface area contributed by atoms with Crippen molar-refractivity contribution in [2.45, 2.75) is 31.2 Å². The lowest BCUT2D eigenvalue weighted by Gasteiger charge is -2.34. The minimum absolute atomic E-state index is 0.0337. The van der Waals surface area contributed by atoms with Crippen LogP contribution in [0.4, 0.5) is 0 Å². The molecule has 1 atom stereocenters. The van der Waals surface area contributed by atoms with Crippen LogP contribution in [-0.4, -0.2) is 53.0 Å². The van der Waals surface area contributed by atoms with Crippen molar-refractivity contribution in [2.24, 2.45) is 0 Å². The van der Waals surface area contributed by atoms with Gasteiger partial charge < -0.3 is 15.3 Å². The largest absolute Gasteiger partial charge is 0.508 e. The Morgan fingerprint density at radius 3 is 2.47 bits per heavy atom. The fourth-order valence-electron chi connectivity index (χ4n) is 3.77. The highest BCUT2D eigenvalue weighted by atomic mass is 35.5. The predicted molar refractivity (Wildman–Crippen MR) is 122 cm³/mol.